The smallest absolute Gasteiger partial charge is 0.266 e. The molecular weight excluding hydrogens is 176 g/mol. The minimum Gasteiger partial charge on any atom is -0.268 e. The number of rotatable bonds is 1. The third-order valence-corrected chi connectivity index (χ3v) is 2.14. The normalized spacial score (nSPS) is 13.6. The van der Waals surface area contributed by atoms with E-state index in [2.05, 4.69) is 11.7 Å². The summed E-state index contributed by atoms with van der Waals surface area (Å²) < 4.78 is 0. The predicted octanol–water partition coefficient (Wildman–Crippen LogP) is 1.55. The number of carbonyl (C=O) groups is 1. The Bertz CT molecular complexity index is 410. The molecule has 0 radical (unpaired) electrons. The fourth-order valence-electron chi connectivity index (χ4n) is 1.38. The lowest BCUT2D eigenvalue weighted by atomic mass is 10.1. The molecule has 0 fully saturated rings. The minimum absolute atomic E-state index is 0.171. The molecule has 0 saturated carbocycles. The molecule has 2 rings (SSSR count). The number of nitrogens with zero attached hydrogens (tertiary/aromatic N) is 2. The molecule has 3 heteroatoms. The molecule has 0 atom stereocenters. The first-order chi connectivity index (χ1) is 6.81. The van der Waals surface area contributed by atoms with Gasteiger partial charge in [0.25, 0.3) is 5.91 Å². The van der Waals surface area contributed by atoms with Crippen LogP contribution >= 0.6 is 0 Å². The zero-order chi connectivity index (χ0) is 9.97. The molecule has 0 aromatic heterocycles. The van der Waals surface area contributed by atoms with Crippen LogP contribution in [0.3, 0.4) is 0 Å². The van der Waals surface area contributed by atoms with Crippen LogP contribution in [0.2, 0.25) is 0 Å². The number of carbonyl (C=O) groups excluding carboxylic acids is 1. The third kappa shape index (κ3) is 1.44. The van der Waals surface area contributed by atoms with Gasteiger partial charge in [0.05, 0.1) is 12.8 Å². The first kappa shape index (κ1) is 8.69. The minimum atomic E-state index is -0.171. The van der Waals surface area contributed by atoms with Gasteiger partial charge in [0.2, 0.25) is 0 Å². The Morgan fingerprint density at radius 3 is 3.07 bits per heavy atom. The Morgan fingerprint density at radius 1 is 1.50 bits per heavy atom. The van der Waals surface area contributed by atoms with Crippen molar-refractivity contribution in [2.24, 2.45) is 5.10 Å². The molecule has 0 aliphatic carbocycles. The Hall–Kier alpha value is -1.90. The van der Waals surface area contributed by atoms with Crippen LogP contribution in [0.5, 0.6) is 0 Å². The second-order valence-corrected chi connectivity index (χ2v) is 3.04. The van der Waals surface area contributed by atoms with E-state index in [1.807, 2.05) is 24.3 Å². The topological polar surface area (TPSA) is 32.7 Å². The molecule has 1 amide bonds. The van der Waals surface area contributed by atoms with Gasteiger partial charge in [0, 0.05) is 0 Å². The molecule has 0 unspecified atom stereocenters. The quantitative estimate of drug-likeness (QED) is 0.612. The lowest BCUT2D eigenvalue weighted by molar-refractivity contribution is -0.126. The van der Waals surface area contributed by atoms with Gasteiger partial charge >= 0.3 is 0 Å². The summed E-state index contributed by atoms with van der Waals surface area (Å²) in [6.07, 6.45) is 2.96. The molecule has 1 aliphatic heterocycles. The molecule has 1 heterocycles. The van der Waals surface area contributed by atoms with Crippen molar-refractivity contribution in [3.63, 3.8) is 0 Å². The van der Waals surface area contributed by atoms with E-state index in [1.165, 1.54) is 11.1 Å². The van der Waals surface area contributed by atoms with E-state index in [9.17, 15) is 4.79 Å². The zero-order valence-electron chi connectivity index (χ0n) is 7.68. The van der Waals surface area contributed by atoms with E-state index in [0.29, 0.717) is 6.54 Å². The van der Waals surface area contributed by atoms with Crippen LogP contribution < -0.4 is 0 Å². The number of benzene rings is 1. The van der Waals surface area contributed by atoms with E-state index in [0.717, 1.165) is 11.1 Å². The Balaban J connectivity index is 2.29. The number of fused-ring (bicyclic) bond motifs is 1. The summed E-state index contributed by atoms with van der Waals surface area (Å²) in [5, 5.41) is 5.43. The second kappa shape index (κ2) is 3.46. The van der Waals surface area contributed by atoms with Crippen molar-refractivity contribution in [2.75, 3.05) is 0 Å². The summed E-state index contributed by atoms with van der Waals surface area (Å²) in [5.74, 6) is -0.171. The highest BCUT2D eigenvalue weighted by Gasteiger charge is 2.14. The standard InChI is InChI=1S/C11H10N2O/c1-2-11(14)13-8-10-6-4-3-5-9(10)7-12-13/h2-7H,1,8H2. The van der Waals surface area contributed by atoms with Gasteiger partial charge in [-0.2, -0.15) is 5.10 Å². The van der Waals surface area contributed by atoms with E-state index in [-0.39, 0.29) is 5.91 Å². The van der Waals surface area contributed by atoms with E-state index < -0.39 is 0 Å². The van der Waals surface area contributed by atoms with Crippen molar-refractivity contribution in [1.82, 2.24) is 5.01 Å². The number of amides is 1. The van der Waals surface area contributed by atoms with Gasteiger partial charge < -0.3 is 0 Å². The summed E-state index contributed by atoms with van der Waals surface area (Å²) in [5.41, 5.74) is 2.18. The summed E-state index contributed by atoms with van der Waals surface area (Å²) in [6, 6.07) is 7.88. The maximum atomic E-state index is 11.3. The monoisotopic (exact) mass is 186 g/mol. The van der Waals surface area contributed by atoms with E-state index >= 15 is 0 Å². The molecule has 3 nitrogen and oxygen atoms in total. The third-order valence-electron chi connectivity index (χ3n) is 2.14. The van der Waals surface area contributed by atoms with Crippen molar-refractivity contribution < 1.29 is 4.79 Å². The largest absolute Gasteiger partial charge is 0.268 e. The Kier molecular flexibility index (Phi) is 2.14. The molecule has 0 spiro atoms. The van der Waals surface area contributed by atoms with Crippen molar-refractivity contribution in [3.8, 4) is 0 Å². The summed E-state index contributed by atoms with van der Waals surface area (Å²) in [7, 11) is 0. The molecule has 0 saturated heterocycles. The highest BCUT2D eigenvalue weighted by Crippen LogP contribution is 2.14. The number of hydrazone groups is 1. The van der Waals surface area contributed by atoms with Crippen LogP contribution in [-0.4, -0.2) is 17.1 Å². The fourth-order valence-corrected chi connectivity index (χ4v) is 1.38. The van der Waals surface area contributed by atoms with Crippen molar-refractivity contribution in [2.45, 2.75) is 6.54 Å². The van der Waals surface area contributed by atoms with Crippen molar-refractivity contribution in [1.29, 1.82) is 0 Å². The molecule has 1 aliphatic rings. The van der Waals surface area contributed by atoms with Gasteiger partial charge in [-0.25, -0.2) is 5.01 Å². The van der Waals surface area contributed by atoms with Crippen molar-refractivity contribution >= 4 is 12.1 Å². The predicted molar refractivity (Wildman–Crippen MR) is 54.8 cm³/mol. The molecule has 70 valence electrons. The van der Waals surface area contributed by atoms with Gasteiger partial charge in [-0.05, 0) is 17.2 Å². The van der Waals surface area contributed by atoms with Gasteiger partial charge in [-0.3, -0.25) is 4.79 Å². The second-order valence-electron chi connectivity index (χ2n) is 3.04. The van der Waals surface area contributed by atoms with Gasteiger partial charge in [0.15, 0.2) is 0 Å². The molecule has 14 heavy (non-hydrogen) atoms. The number of hydrogen-bond donors (Lipinski definition) is 0. The molecule has 0 bridgehead atoms. The van der Waals surface area contributed by atoms with Gasteiger partial charge in [-0.1, -0.05) is 30.8 Å². The van der Waals surface area contributed by atoms with Gasteiger partial charge in [0.1, 0.15) is 0 Å². The van der Waals surface area contributed by atoms with Crippen LogP contribution in [-0.2, 0) is 11.3 Å². The SMILES string of the molecule is C=CC(=O)N1Cc2ccccc2C=N1. The van der Waals surface area contributed by atoms with Gasteiger partial charge in [-0.15, -0.1) is 0 Å². The van der Waals surface area contributed by atoms with E-state index in [4.69, 9.17) is 0 Å². The number of hydrogen-bond acceptors (Lipinski definition) is 2. The lowest BCUT2D eigenvalue weighted by Crippen LogP contribution is -2.26. The Labute approximate surface area is 82.3 Å². The molecule has 1 aromatic rings. The highest BCUT2D eigenvalue weighted by molar-refractivity contribution is 5.90. The lowest BCUT2D eigenvalue weighted by Gasteiger charge is -2.20. The first-order valence-corrected chi connectivity index (χ1v) is 4.37. The van der Waals surface area contributed by atoms with Crippen LogP contribution in [0.25, 0.3) is 0 Å². The molecule has 1 aromatic carbocycles. The van der Waals surface area contributed by atoms with Crippen LogP contribution in [0.1, 0.15) is 11.1 Å². The Morgan fingerprint density at radius 2 is 2.29 bits per heavy atom. The summed E-state index contributed by atoms with van der Waals surface area (Å²) in [4.78, 5) is 11.3. The molecular formula is C11H10N2O. The maximum Gasteiger partial charge on any atom is 0.266 e. The summed E-state index contributed by atoms with van der Waals surface area (Å²) in [6.45, 7) is 3.95. The van der Waals surface area contributed by atoms with Crippen molar-refractivity contribution in [3.05, 3.63) is 48.0 Å². The average Bonchev–Trinajstić information content (AvgIpc) is 2.27. The fraction of sp³-hybridized carbons (Fsp3) is 0.0909. The average molecular weight is 186 g/mol. The van der Waals surface area contributed by atoms with Crippen LogP contribution in [0.15, 0.2) is 42.0 Å². The maximum absolute atomic E-state index is 11.3. The van der Waals surface area contributed by atoms with E-state index in [1.54, 1.807) is 6.21 Å². The zero-order valence-corrected chi connectivity index (χ0v) is 7.68. The highest BCUT2D eigenvalue weighted by atomic mass is 16.2. The molecule has 0 N–H and O–H groups in total. The van der Waals surface area contributed by atoms with Crippen LogP contribution in [0, 0.1) is 0 Å². The van der Waals surface area contributed by atoms with Crippen LogP contribution in [0.4, 0.5) is 0 Å². The first-order valence-electron chi connectivity index (χ1n) is 4.37. The summed E-state index contributed by atoms with van der Waals surface area (Å²) >= 11 is 0.